The predicted octanol–water partition coefficient (Wildman–Crippen LogP) is 1.16. The second-order valence-corrected chi connectivity index (χ2v) is 4.95. The number of hydrogen-bond acceptors (Lipinski definition) is 4. The summed E-state index contributed by atoms with van der Waals surface area (Å²) in [5.41, 5.74) is -0.167. The molecular formula is C12H17N3O5. The Hall–Kier alpha value is -2.38. The monoisotopic (exact) mass is 283 g/mol. The van der Waals surface area contributed by atoms with E-state index in [0.29, 0.717) is 0 Å². The third-order valence-electron chi connectivity index (χ3n) is 2.74. The Labute approximate surface area is 115 Å². The molecule has 0 fully saturated rings. The largest absolute Gasteiger partial charge is 0.480 e. The summed E-state index contributed by atoms with van der Waals surface area (Å²) in [5.74, 6) is -1.68. The summed E-state index contributed by atoms with van der Waals surface area (Å²) < 4.78 is 1.29. The zero-order valence-electron chi connectivity index (χ0n) is 11.5. The highest BCUT2D eigenvalue weighted by molar-refractivity contribution is 5.96. The van der Waals surface area contributed by atoms with Crippen molar-refractivity contribution in [2.45, 2.75) is 26.3 Å². The number of amides is 1. The van der Waals surface area contributed by atoms with Crippen LogP contribution in [0.5, 0.6) is 0 Å². The maximum atomic E-state index is 12.0. The lowest BCUT2D eigenvalue weighted by Crippen LogP contribution is -2.42. The van der Waals surface area contributed by atoms with Gasteiger partial charge < -0.3 is 15.0 Å². The zero-order chi connectivity index (χ0) is 15.4. The molecule has 0 saturated carbocycles. The molecule has 0 aliphatic heterocycles. The smallest absolute Gasteiger partial charge is 0.326 e. The molecule has 0 aliphatic rings. The Balaban J connectivity index is 2.89. The highest BCUT2D eigenvalue weighted by atomic mass is 16.6. The van der Waals surface area contributed by atoms with Crippen molar-refractivity contribution < 1.29 is 19.6 Å². The molecule has 0 radical (unpaired) electrons. The fourth-order valence-corrected chi connectivity index (χ4v) is 1.80. The Morgan fingerprint density at radius 1 is 1.50 bits per heavy atom. The molecule has 0 saturated heterocycles. The van der Waals surface area contributed by atoms with Crippen LogP contribution in [0.3, 0.4) is 0 Å². The lowest BCUT2D eigenvalue weighted by Gasteiger charge is -2.16. The summed E-state index contributed by atoms with van der Waals surface area (Å²) in [6.07, 6.45) is 1.49. The molecule has 8 heteroatoms. The van der Waals surface area contributed by atoms with Crippen molar-refractivity contribution in [3.05, 3.63) is 28.1 Å². The molecule has 1 aromatic heterocycles. The standard InChI is InChI=1S/C12H17N3O5/c1-7(2)4-9(12(17)18)13-11(16)10-5-8(15(19)20)6-14(10)3/h5-7,9H,4H2,1-3H3,(H,13,16)(H,17,18)/t9-/m0/s1. The molecule has 1 amide bonds. The van der Waals surface area contributed by atoms with Crippen LogP contribution in [0, 0.1) is 16.0 Å². The second kappa shape index (κ2) is 6.18. The lowest BCUT2D eigenvalue weighted by atomic mass is 10.0. The maximum absolute atomic E-state index is 12.0. The van der Waals surface area contributed by atoms with Gasteiger partial charge in [0.1, 0.15) is 11.7 Å². The van der Waals surface area contributed by atoms with E-state index in [-0.39, 0.29) is 23.7 Å². The van der Waals surface area contributed by atoms with Crippen molar-refractivity contribution in [3.63, 3.8) is 0 Å². The SMILES string of the molecule is CC(C)C[C@H](NC(=O)c1cc([N+](=O)[O-])cn1C)C(=O)O. The minimum atomic E-state index is -1.13. The summed E-state index contributed by atoms with van der Waals surface area (Å²) in [4.78, 5) is 33.1. The Kier molecular flexibility index (Phi) is 4.84. The van der Waals surface area contributed by atoms with Crippen molar-refractivity contribution in [2.24, 2.45) is 13.0 Å². The molecule has 1 rings (SSSR count). The van der Waals surface area contributed by atoms with Gasteiger partial charge >= 0.3 is 5.97 Å². The average Bonchev–Trinajstić information content (AvgIpc) is 2.69. The highest BCUT2D eigenvalue weighted by Gasteiger charge is 2.24. The van der Waals surface area contributed by atoms with Crippen molar-refractivity contribution in [1.82, 2.24) is 9.88 Å². The molecule has 110 valence electrons. The molecule has 0 unspecified atom stereocenters. The Bertz CT molecular complexity index is 535. The predicted molar refractivity (Wildman–Crippen MR) is 70.4 cm³/mol. The number of nitrogens with zero attached hydrogens (tertiary/aromatic N) is 2. The van der Waals surface area contributed by atoms with Crippen molar-refractivity contribution in [1.29, 1.82) is 0 Å². The van der Waals surface area contributed by atoms with Gasteiger partial charge in [-0.2, -0.15) is 0 Å². The first kappa shape index (κ1) is 15.7. The molecular weight excluding hydrogens is 266 g/mol. The molecule has 0 spiro atoms. The second-order valence-electron chi connectivity index (χ2n) is 4.95. The van der Waals surface area contributed by atoms with Crippen LogP contribution < -0.4 is 5.32 Å². The van der Waals surface area contributed by atoms with Crippen molar-refractivity contribution in [2.75, 3.05) is 0 Å². The molecule has 20 heavy (non-hydrogen) atoms. The first-order valence-electron chi connectivity index (χ1n) is 6.06. The number of carbonyl (C=O) groups is 2. The molecule has 2 N–H and O–H groups in total. The Morgan fingerprint density at radius 2 is 2.10 bits per heavy atom. The van der Waals surface area contributed by atoms with Gasteiger partial charge in [-0.25, -0.2) is 4.79 Å². The number of carbonyl (C=O) groups excluding carboxylic acids is 1. The molecule has 1 aromatic rings. The fraction of sp³-hybridized carbons (Fsp3) is 0.500. The topological polar surface area (TPSA) is 114 Å². The van der Waals surface area contributed by atoms with Crippen molar-refractivity contribution in [3.8, 4) is 0 Å². The molecule has 1 heterocycles. The minimum Gasteiger partial charge on any atom is -0.480 e. The highest BCUT2D eigenvalue weighted by Crippen LogP contribution is 2.15. The number of hydrogen-bond donors (Lipinski definition) is 2. The number of aromatic nitrogens is 1. The molecule has 0 bridgehead atoms. The van der Waals surface area contributed by atoms with E-state index in [2.05, 4.69) is 5.32 Å². The van der Waals surface area contributed by atoms with Crippen LogP contribution in [0.15, 0.2) is 12.3 Å². The van der Waals surface area contributed by atoms with E-state index in [1.54, 1.807) is 0 Å². The van der Waals surface area contributed by atoms with Gasteiger partial charge in [0.15, 0.2) is 0 Å². The number of nitro groups is 1. The van der Waals surface area contributed by atoms with Crippen LogP contribution in [0.4, 0.5) is 5.69 Å². The van der Waals surface area contributed by atoms with E-state index >= 15 is 0 Å². The van der Waals surface area contributed by atoms with E-state index in [1.807, 2.05) is 13.8 Å². The molecule has 0 aliphatic carbocycles. The van der Waals surface area contributed by atoms with Crippen molar-refractivity contribution >= 4 is 17.6 Å². The number of nitrogens with one attached hydrogen (secondary N) is 1. The van der Waals surface area contributed by atoms with E-state index in [1.165, 1.54) is 17.8 Å². The Morgan fingerprint density at radius 3 is 2.50 bits per heavy atom. The van der Waals surface area contributed by atoms with Gasteiger partial charge in [0, 0.05) is 13.1 Å². The molecule has 0 aromatic carbocycles. The van der Waals surface area contributed by atoms with Gasteiger partial charge in [-0.1, -0.05) is 13.8 Å². The van der Waals surface area contributed by atoms with Gasteiger partial charge in [-0.05, 0) is 12.3 Å². The number of rotatable bonds is 6. The first-order chi connectivity index (χ1) is 9.22. The number of carboxylic acids is 1. The number of aryl methyl sites for hydroxylation is 1. The zero-order valence-corrected chi connectivity index (χ0v) is 11.5. The fourth-order valence-electron chi connectivity index (χ4n) is 1.80. The van der Waals surface area contributed by atoms with E-state index in [0.717, 1.165) is 6.07 Å². The van der Waals surface area contributed by atoms with E-state index < -0.39 is 22.8 Å². The van der Waals surface area contributed by atoms with Crippen LogP contribution >= 0.6 is 0 Å². The minimum absolute atomic E-state index is 0.0479. The normalized spacial score (nSPS) is 12.2. The summed E-state index contributed by atoms with van der Waals surface area (Å²) in [6, 6.07) is 0.0975. The lowest BCUT2D eigenvalue weighted by molar-refractivity contribution is -0.384. The summed E-state index contributed by atoms with van der Waals surface area (Å²) >= 11 is 0. The van der Waals surface area contributed by atoms with Crippen LogP contribution in [0.2, 0.25) is 0 Å². The first-order valence-corrected chi connectivity index (χ1v) is 6.06. The molecule has 8 nitrogen and oxygen atoms in total. The van der Waals surface area contributed by atoms with Crippen LogP contribution in [0.1, 0.15) is 30.8 Å². The summed E-state index contributed by atoms with van der Waals surface area (Å²) in [7, 11) is 1.49. The maximum Gasteiger partial charge on any atom is 0.326 e. The summed E-state index contributed by atoms with van der Waals surface area (Å²) in [6.45, 7) is 3.69. The molecule has 1 atom stereocenters. The quantitative estimate of drug-likeness (QED) is 0.600. The van der Waals surface area contributed by atoms with Crippen LogP contribution in [0.25, 0.3) is 0 Å². The van der Waals surface area contributed by atoms with E-state index in [9.17, 15) is 19.7 Å². The van der Waals surface area contributed by atoms with Gasteiger partial charge in [-0.15, -0.1) is 0 Å². The van der Waals surface area contributed by atoms with E-state index in [4.69, 9.17) is 5.11 Å². The number of aliphatic carboxylic acids is 1. The van der Waals surface area contributed by atoms with Gasteiger partial charge in [0.2, 0.25) is 0 Å². The van der Waals surface area contributed by atoms with Crippen LogP contribution in [-0.2, 0) is 11.8 Å². The van der Waals surface area contributed by atoms with Gasteiger partial charge in [-0.3, -0.25) is 14.9 Å². The summed E-state index contributed by atoms with van der Waals surface area (Å²) in [5, 5.41) is 22.1. The third kappa shape index (κ3) is 3.81. The number of carboxylic acid groups (broad SMARTS) is 1. The van der Waals surface area contributed by atoms with Crippen LogP contribution in [-0.4, -0.2) is 32.5 Å². The van der Waals surface area contributed by atoms with Gasteiger partial charge in [0.25, 0.3) is 11.6 Å². The third-order valence-corrected chi connectivity index (χ3v) is 2.74. The van der Waals surface area contributed by atoms with Gasteiger partial charge in [0.05, 0.1) is 11.1 Å². The average molecular weight is 283 g/mol.